The Morgan fingerprint density at radius 3 is 2.48 bits per heavy atom. The van der Waals surface area contributed by atoms with Crippen molar-refractivity contribution >= 4 is 15.8 Å². The number of ether oxygens (including phenoxy) is 1. The van der Waals surface area contributed by atoms with Crippen molar-refractivity contribution in [3.63, 3.8) is 0 Å². The van der Waals surface area contributed by atoms with Crippen LogP contribution in [0.1, 0.15) is 48.3 Å². The second kappa shape index (κ2) is 8.02. The Kier molecular flexibility index (Phi) is 5.28. The molecular weight excluding hydrogens is 440 g/mol. The van der Waals surface area contributed by atoms with Gasteiger partial charge in [-0.2, -0.15) is 0 Å². The lowest BCUT2D eigenvalue weighted by molar-refractivity contribution is 0.0365. The molecule has 0 atom stereocenters. The molecule has 3 aromatic rings. The molecule has 0 bridgehead atoms. The summed E-state index contributed by atoms with van der Waals surface area (Å²) in [7, 11) is -3.95. The van der Waals surface area contributed by atoms with Crippen molar-refractivity contribution in [3.05, 3.63) is 69.6 Å². The van der Waals surface area contributed by atoms with E-state index in [1.807, 2.05) is 24.5 Å². The smallest absolute Gasteiger partial charge is 0.355 e. The average molecular weight is 467 g/mol. The van der Waals surface area contributed by atoms with Crippen molar-refractivity contribution in [2.45, 2.75) is 62.0 Å². The van der Waals surface area contributed by atoms with Crippen LogP contribution in [0.4, 0.5) is 0 Å². The highest BCUT2D eigenvalue weighted by molar-refractivity contribution is 7.91. The van der Waals surface area contributed by atoms with Crippen LogP contribution in [-0.4, -0.2) is 30.0 Å². The molecule has 0 radical (unpaired) electrons. The van der Waals surface area contributed by atoms with Gasteiger partial charge in [-0.1, -0.05) is 18.2 Å². The highest BCUT2D eigenvalue weighted by Gasteiger charge is 2.32. The third kappa shape index (κ3) is 3.93. The molecule has 1 fully saturated rings. The molecule has 2 heterocycles. The number of carbonyl (C=O) groups is 1. The molecule has 0 spiro atoms. The molecule has 0 unspecified atom stereocenters. The lowest BCUT2D eigenvalue weighted by Gasteiger charge is -2.21. The number of carbonyl (C=O) groups excluding carboxylic acids is 1. The Balaban J connectivity index is 1.64. The van der Waals surface area contributed by atoms with Crippen LogP contribution in [0.2, 0.25) is 0 Å². The van der Waals surface area contributed by atoms with E-state index >= 15 is 0 Å². The fourth-order valence-corrected chi connectivity index (χ4v) is 5.80. The first kappa shape index (κ1) is 21.7. The first-order chi connectivity index (χ1) is 15.8. The van der Waals surface area contributed by atoms with E-state index in [-0.39, 0.29) is 21.9 Å². The van der Waals surface area contributed by atoms with Crippen molar-refractivity contribution in [3.8, 4) is 11.4 Å². The number of nitrogens with one attached hydrogen (secondary N) is 1. The number of rotatable bonds is 6. The maximum atomic E-state index is 13.1. The fraction of sp³-hybridized carbons (Fsp3) is 0.360. The molecule has 1 aromatic carbocycles. The van der Waals surface area contributed by atoms with E-state index in [9.17, 15) is 18.0 Å². The molecular formula is C25H26N2O5S. The summed E-state index contributed by atoms with van der Waals surface area (Å²) in [5.74, 6) is 0.106. The van der Waals surface area contributed by atoms with Crippen LogP contribution >= 0.6 is 0 Å². The standard InChI is InChI=1S/C25H26N2O5S/c1-15(2)32-25(29)20-12-18-11-10-17-13-21(33(30,31)19-6-4-3-5-7-19)24(28)26-22(17)23(18)27(20)14-16-8-9-16/h3-7,12-13,15-16H,8-11,14H2,1-2H3,(H,26,28). The molecule has 5 rings (SSSR count). The highest BCUT2D eigenvalue weighted by Crippen LogP contribution is 2.39. The van der Waals surface area contributed by atoms with Gasteiger partial charge >= 0.3 is 5.97 Å². The van der Waals surface area contributed by atoms with Crippen molar-refractivity contribution in [1.82, 2.24) is 9.55 Å². The van der Waals surface area contributed by atoms with Gasteiger partial charge in [0.05, 0.1) is 22.4 Å². The van der Waals surface area contributed by atoms with Crippen LogP contribution in [0.25, 0.3) is 11.4 Å². The molecule has 0 aliphatic heterocycles. The number of sulfone groups is 1. The number of esters is 1. The largest absolute Gasteiger partial charge is 0.458 e. The molecule has 0 amide bonds. The van der Waals surface area contributed by atoms with Gasteiger partial charge in [-0.25, -0.2) is 13.2 Å². The normalized spacial score (nSPS) is 15.2. The predicted octanol–water partition coefficient (Wildman–Crippen LogP) is 3.75. The molecule has 172 valence electrons. The van der Waals surface area contributed by atoms with Crippen LogP contribution in [0.5, 0.6) is 0 Å². The third-order valence-electron chi connectivity index (χ3n) is 6.20. The summed E-state index contributed by atoms with van der Waals surface area (Å²) in [5, 5.41) is 0. The lowest BCUT2D eigenvalue weighted by atomic mass is 9.94. The van der Waals surface area contributed by atoms with Gasteiger partial charge in [0.15, 0.2) is 0 Å². The van der Waals surface area contributed by atoms with Crippen molar-refractivity contribution < 1.29 is 17.9 Å². The van der Waals surface area contributed by atoms with Crippen LogP contribution in [0.3, 0.4) is 0 Å². The van der Waals surface area contributed by atoms with Crippen molar-refractivity contribution in [2.24, 2.45) is 5.92 Å². The van der Waals surface area contributed by atoms with Gasteiger partial charge < -0.3 is 14.3 Å². The van der Waals surface area contributed by atoms with E-state index in [0.29, 0.717) is 36.7 Å². The summed E-state index contributed by atoms with van der Waals surface area (Å²) >= 11 is 0. The number of H-pyrrole nitrogens is 1. The van der Waals surface area contributed by atoms with Gasteiger partial charge in [0, 0.05) is 6.54 Å². The second-order valence-corrected chi connectivity index (χ2v) is 11.0. The number of hydrogen-bond acceptors (Lipinski definition) is 5. The molecule has 1 saturated carbocycles. The summed E-state index contributed by atoms with van der Waals surface area (Å²) in [6.07, 6.45) is 3.19. The molecule has 2 aliphatic carbocycles. The summed E-state index contributed by atoms with van der Waals surface area (Å²) in [6, 6.07) is 11.3. The number of aryl methyl sites for hydroxylation is 2. The highest BCUT2D eigenvalue weighted by atomic mass is 32.2. The summed E-state index contributed by atoms with van der Waals surface area (Å²) in [6.45, 7) is 4.30. The van der Waals surface area contributed by atoms with Crippen molar-refractivity contribution in [2.75, 3.05) is 0 Å². The second-order valence-electron chi connectivity index (χ2n) is 9.09. The minimum absolute atomic E-state index is 0.0859. The number of nitrogens with zero attached hydrogens (tertiary/aromatic N) is 1. The molecule has 2 aliphatic rings. The Morgan fingerprint density at radius 2 is 1.82 bits per heavy atom. The van der Waals surface area contributed by atoms with Crippen LogP contribution < -0.4 is 5.56 Å². The summed E-state index contributed by atoms with van der Waals surface area (Å²) in [4.78, 5) is 28.5. The van der Waals surface area contributed by atoms with E-state index < -0.39 is 15.4 Å². The fourth-order valence-electron chi connectivity index (χ4n) is 4.44. The molecule has 1 N–H and O–H groups in total. The first-order valence-corrected chi connectivity index (χ1v) is 12.7. The summed E-state index contributed by atoms with van der Waals surface area (Å²) in [5.41, 5.74) is 2.94. The molecule has 33 heavy (non-hydrogen) atoms. The molecule has 7 nitrogen and oxygen atoms in total. The van der Waals surface area contributed by atoms with E-state index in [1.54, 1.807) is 18.2 Å². The SMILES string of the molecule is CC(C)OC(=O)c1cc2c(n1CC1CC1)-c1[nH]c(=O)c(S(=O)(=O)c3ccccc3)cc1CC2. The maximum Gasteiger partial charge on any atom is 0.355 e. The van der Waals surface area contributed by atoms with Crippen LogP contribution in [0, 0.1) is 5.92 Å². The topological polar surface area (TPSA) is 98.2 Å². The number of aromatic nitrogens is 2. The Hall–Kier alpha value is -3.13. The lowest BCUT2D eigenvalue weighted by Crippen LogP contribution is -2.23. The number of benzene rings is 1. The number of aromatic amines is 1. The van der Waals surface area contributed by atoms with E-state index in [1.165, 1.54) is 18.2 Å². The average Bonchev–Trinajstić information content (AvgIpc) is 3.52. The first-order valence-electron chi connectivity index (χ1n) is 11.3. The number of hydrogen-bond donors (Lipinski definition) is 1. The zero-order valence-electron chi connectivity index (χ0n) is 18.6. The molecule has 8 heteroatoms. The third-order valence-corrected chi connectivity index (χ3v) is 7.97. The van der Waals surface area contributed by atoms with Gasteiger partial charge in [-0.05, 0) is 80.8 Å². The van der Waals surface area contributed by atoms with Gasteiger partial charge in [0.1, 0.15) is 10.6 Å². The minimum Gasteiger partial charge on any atom is -0.458 e. The van der Waals surface area contributed by atoms with Crippen LogP contribution in [-0.2, 0) is 34.0 Å². The van der Waals surface area contributed by atoms with Gasteiger partial charge in [-0.3, -0.25) is 4.79 Å². The van der Waals surface area contributed by atoms with Crippen molar-refractivity contribution in [1.29, 1.82) is 0 Å². The van der Waals surface area contributed by atoms with E-state index in [2.05, 4.69) is 4.98 Å². The van der Waals surface area contributed by atoms with Crippen LogP contribution in [0.15, 0.2) is 57.1 Å². The maximum absolute atomic E-state index is 13.1. The van der Waals surface area contributed by atoms with E-state index in [4.69, 9.17) is 4.74 Å². The summed E-state index contributed by atoms with van der Waals surface area (Å²) < 4.78 is 33.7. The number of pyridine rings is 1. The quantitative estimate of drug-likeness (QED) is 0.558. The zero-order chi connectivity index (χ0) is 23.3. The van der Waals surface area contributed by atoms with E-state index in [0.717, 1.165) is 29.7 Å². The minimum atomic E-state index is -3.95. The molecule has 2 aromatic heterocycles. The Bertz CT molecular complexity index is 1400. The number of fused-ring (bicyclic) bond motifs is 3. The molecule has 0 saturated heterocycles. The van der Waals surface area contributed by atoms with Gasteiger partial charge in [0.2, 0.25) is 9.84 Å². The zero-order valence-corrected chi connectivity index (χ0v) is 19.4. The monoisotopic (exact) mass is 466 g/mol. The predicted molar refractivity (Wildman–Crippen MR) is 123 cm³/mol. The Morgan fingerprint density at radius 1 is 1.12 bits per heavy atom. The van der Waals surface area contributed by atoms with Gasteiger partial charge in [0.25, 0.3) is 5.56 Å². The Labute approximate surface area is 192 Å². The van der Waals surface area contributed by atoms with Gasteiger partial charge in [-0.15, -0.1) is 0 Å².